The van der Waals surface area contributed by atoms with Crippen molar-refractivity contribution in [3.05, 3.63) is 82.3 Å². The highest BCUT2D eigenvalue weighted by molar-refractivity contribution is 5.70. The normalized spacial score (nSPS) is 15.2. The van der Waals surface area contributed by atoms with Crippen LogP contribution in [0, 0.1) is 15.9 Å². The van der Waals surface area contributed by atoms with E-state index in [1.165, 1.54) is 24.3 Å². The van der Waals surface area contributed by atoms with Gasteiger partial charge in [0, 0.05) is 31.4 Å². The lowest BCUT2D eigenvalue weighted by molar-refractivity contribution is -0.385. The fourth-order valence-corrected chi connectivity index (χ4v) is 3.74. The average Bonchev–Trinajstić information content (AvgIpc) is 3.19. The predicted octanol–water partition coefficient (Wildman–Crippen LogP) is 5.07. The number of nitro groups is 1. The van der Waals surface area contributed by atoms with Gasteiger partial charge in [-0.05, 0) is 49.2 Å². The molecule has 0 N–H and O–H groups in total. The number of hydrogen-bond donors (Lipinski definition) is 0. The van der Waals surface area contributed by atoms with Gasteiger partial charge in [-0.25, -0.2) is 14.2 Å². The van der Waals surface area contributed by atoms with Crippen molar-refractivity contribution in [3.8, 4) is 11.5 Å². The maximum absolute atomic E-state index is 14.7. The number of benzene rings is 2. The van der Waals surface area contributed by atoms with Crippen molar-refractivity contribution in [2.45, 2.75) is 19.4 Å². The summed E-state index contributed by atoms with van der Waals surface area (Å²) in [5.74, 6) is 0.418. The summed E-state index contributed by atoms with van der Waals surface area (Å²) < 4.78 is 25.6. The summed E-state index contributed by atoms with van der Waals surface area (Å²) in [6.45, 7) is 2.87. The number of nitrogens with zero attached hydrogens (tertiary/aromatic N) is 4. The zero-order chi connectivity index (χ0) is 24.2. The van der Waals surface area contributed by atoms with Crippen molar-refractivity contribution in [3.63, 3.8) is 0 Å². The minimum Gasteiger partial charge on any atom is -0.454 e. The molecule has 0 bridgehead atoms. The van der Waals surface area contributed by atoms with E-state index in [-0.39, 0.29) is 23.6 Å². The van der Waals surface area contributed by atoms with E-state index in [4.69, 9.17) is 9.47 Å². The second-order valence-electron chi connectivity index (χ2n) is 7.77. The van der Waals surface area contributed by atoms with Crippen molar-refractivity contribution in [2.75, 3.05) is 25.1 Å². The van der Waals surface area contributed by atoms with Crippen molar-refractivity contribution in [1.29, 1.82) is 0 Å². The maximum atomic E-state index is 14.7. The molecule has 1 fully saturated rings. The number of likely N-dealkylation sites (N-methyl/N-ethyl adjacent to an activating group) is 1. The van der Waals surface area contributed by atoms with Crippen LogP contribution in [-0.4, -0.2) is 47.1 Å². The van der Waals surface area contributed by atoms with Gasteiger partial charge in [0.25, 0.3) is 5.69 Å². The molecule has 4 rings (SSSR count). The molecule has 1 saturated heterocycles. The fourth-order valence-electron chi connectivity index (χ4n) is 3.74. The highest BCUT2D eigenvalue weighted by Gasteiger charge is 2.31. The van der Waals surface area contributed by atoms with Crippen LogP contribution in [0.2, 0.25) is 0 Å². The summed E-state index contributed by atoms with van der Waals surface area (Å²) in [4.78, 5) is 29.3. The van der Waals surface area contributed by atoms with Crippen molar-refractivity contribution in [2.24, 2.45) is 0 Å². The molecule has 176 valence electrons. The van der Waals surface area contributed by atoms with E-state index in [2.05, 4.69) is 4.98 Å². The zero-order valence-corrected chi connectivity index (χ0v) is 18.7. The zero-order valence-electron chi connectivity index (χ0n) is 18.7. The van der Waals surface area contributed by atoms with Crippen molar-refractivity contribution >= 4 is 23.3 Å². The van der Waals surface area contributed by atoms with Gasteiger partial charge in [0.1, 0.15) is 24.4 Å². The van der Waals surface area contributed by atoms with Crippen LogP contribution in [0.5, 0.6) is 11.5 Å². The first-order chi connectivity index (χ1) is 16.4. The molecule has 1 aromatic heterocycles. The van der Waals surface area contributed by atoms with E-state index in [0.717, 1.165) is 11.8 Å². The lowest BCUT2D eigenvalue weighted by atomic mass is 10.1. The van der Waals surface area contributed by atoms with Crippen LogP contribution in [0.1, 0.15) is 12.5 Å². The highest BCUT2D eigenvalue weighted by Crippen LogP contribution is 2.31. The predicted molar refractivity (Wildman–Crippen MR) is 123 cm³/mol. The summed E-state index contributed by atoms with van der Waals surface area (Å²) in [5, 5.41) is 10.8. The summed E-state index contributed by atoms with van der Waals surface area (Å²) >= 11 is 0. The molecule has 0 radical (unpaired) electrons. The Balaban J connectivity index is 1.41. The number of ether oxygens (including phenoxy) is 2. The van der Waals surface area contributed by atoms with Crippen LogP contribution in [0.4, 0.5) is 26.4 Å². The quantitative estimate of drug-likeness (QED) is 0.338. The van der Waals surface area contributed by atoms with E-state index in [9.17, 15) is 19.3 Å². The first-order valence-electron chi connectivity index (χ1n) is 10.7. The molecular formula is C24H23FN4O5. The van der Waals surface area contributed by atoms with Crippen molar-refractivity contribution < 1.29 is 23.6 Å². The number of rotatable bonds is 8. The van der Waals surface area contributed by atoms with E-state index in [1.807, 2.05) is 19.1 Å². The Morgan fingerprint density at radius 3 is 2.62 bits per heavy atom. The molecule has 2 aromatic carbocycles. The van der Waals surface area contributed by atoms with E-state index in [0.29, 0.717) is 36.8 Å². The van der Waals surface area contributed by atoms with Crippen LogP contribution in [0.25, 0.3) is 0 Å². The second kappa shape index (κ2) is 9.74. The SMILES string of the molecule is CCN1C(=O)OCC1Cc1ccc(Oc2ccc(N(C)c3ccc([N+](=O)[O-])cn3)cc2F)cc1. The minimum absolute atomic E-state index is 0.00325. The van der Waals surface area contributed by atoms with Gasteiger partial charge in [-0.1, -0.05) is 12.1 Å². The smallest absolute Gasteiger partial charge is 0.410 e. The number of aromatic nitrogens is 1. The summed E-state index contributed by atoms with van der Waals surface area (Å²) in [5.41, 5.74) is 1.41. The second-order valence-corrected chi connectivity index (χ2v) is 7.77. The third-order valence-electron chi connectivity index (χ3n) is 5.63. The molecule has 3 aromatic rings. The van der Waals surface area contributed by atoms with Gasteiger partial charge < -0.3 is 19.3 Å². The van der Waals surface area contributed by atoms with Gasteiger partial charge in [0.15, 0.2) is 11.6 Å². The monoisotopic (exact) mass is 466 g/mol. The Morgan fingerprint density at radius 2 is 2.00 bits per heavy atom. The van der Waals surface area contributed by atoms with Gasteiger partial charge in [-0.3, -0.25) is 10.1 Å². The number of carbonyl (C=O) groups excluding carboxylic acids is 1. The highest BCUT2D eigenvalue weighted by atomic mass is 19.1. The van der Waals surface area contributed by atoms with Crippen LogP contribution in [0.15, 0.2) is 60.8 Å². The largest absolute Gasteiger partial charge is 0.454 e. The first kappa shape index (κ1) is 23.0. The van der Waals surface area contributed by atoms with E-state index in [1.54, 1.807) is 35.0 Å². The molecule has 9 nitrogen and oxygen atoms in total. The third kappa shape index (κ3) is 4.90. The molecule has 2 heterocycles. The number of amides is 1. The van der Waals surface area contributed by atoms with Gasteiger partial charge >= 0.3 is 6.09 Å². The third-order valence-corrected chi connectivity index (χ3v) is 5.63. The Morgan fingerprint density at radius 1 is 1.24 bits per heavy atom. The van der Waals surface area contributed by atoms with Crippen LogP contribution in [-0.2, 0) is 11.2 Å². The van der Waals surface area contributed by atoms with Gasteiger partial charge in [-0.2, -0.15) is 0 Å². The first-order valence-corrected chi connectivity index (χ1v) is 10.7. The number of halogens is 1. The molecule has 1 amide bonds. The number of anilines is 2. The number of pyridine rings is 1. The number of hydrogen-bond acceptors (Lipinski definition) is 7. The van der Waals surface area contributed by atoms with Crippen LogP contribution in [0.3, 0.4) is 0 Å². The lowest BCUT2D eigenvalue weighted by Crippen LogP contribution is -2.34. The van der Waals surface area contributed by atoms with E-state index < -0.39 is 10.7 Å². The number of cyclic esters (lactones) is 1. The molecule has 34 heavy (non-hydrogen) atoms. The molecule has 0 aliphatic carbocycles. The summed E-state index contributed by atoms with van der Waals surface area (Å²) in [6, 6.07) is 14.6. The maximum Gasteiger partial charge on any atom is 0.410 e. The molecule has 0 saturated carbocycles. The summed E-state index contributed by atoms with van der Waals surface area (Å²) in [6.07, 6.45) is 1.52. The Bertz CT molecular complexity index is 1190. The standard InChI is InChI=1S/C24H23FN4O5/c1-3-28-19(15-33-24(28)30)12-16-4-8-20(9-5-16)34-22-10-6-17(13-21(22)25)27(2)23-11-7-18(14-26-23)29(31)32/h4-11,13-14,19H,3,12,15H2,1-2H3. The van der Waals surface area contributed by atoms with Crippen LogP contribution < -0.4 is 9.64 Å². The molecule has 1 aliphatic rings. The van der Waals surface area contributed by atoms with Gasteiger partial charge in [0.05, 0.1) is 11.0 Å². The van der Waals surface area contributed by atoms with E-state index >= 15 is 0 Å². The van der Waals surface area contributed by atoms with Crippen LogP contribution >= 0.6 is 0 Å². The molecule has 1 aliphatic heterocycles. The van der Waals surface area contributed by atoms with Gasteiger partial charge in [0.2, 0.25) is 0 Å². The Kier molecular flexibility index (Phi) is 6.58. The fraction of sp³-hybridized carbons (Fsp3) is 0.250. The number of carbonyl (C=O) groups is 1. The molecule has 1 unspecified atom stereocenters. The molecule has 1 atom stereocenters. The molecular weight excluding hydrogens is 443 g/mol. The van der Waals surface area contributed by atoms with Crippen molar-refractivity contribution in [1.82, 2.24) is 9.88 Å². The Hall–Kier alpha value is -4.21. The minimum atomic E-state index is -0.560. The topological polar surface area (TPSA) is 98.0 Å². The average molecular weight is 466 g/mol. The van der Waals surface area contributed by atoms with Gasteiger partial charge in [-0.15, -0.1) is 0 Å². The molecule has 10 heteroatoms. The Labute approximate surface area is 195 Å². The summed E-state index contributed by atoms with van der Waals surface area (Å²) in [7, 11) is 1.69. The molecule has 0 spiro atoms. The lowest BCUT2D eigenvalue weighted by Gasteiger charge is -2.19.